The summed E-state index contributed by atoms with van der Waals surface area (Å²) in [7, 11) is 0. The number of hydrogen-bond acceptors (Lipinski definition) is 2. The van der Waals surface area contributed by atoms with Gasteiger partial charge in [0.2, 0.25) is 0 Å². The molecule has 2 aromatic carbocycles. The van der Waals surface area contributed by atoms with Crippen LogP contribution < -0.4 is 5.32 Å². The van der Waals surface area contributed by atoms with Gasteiger partial charge in [0.25, 0.3) is 0 Å². The maximum absolute atomic E-state index is 3.51. The van der Waals surface area contributed by atoms with Crippen LogP contribution in [0.4, 0.5) is 11.4 Å². The molecule has 0 aromatic heterocycles. The molecule has 0 aliphatic rings. The Labute approximate surface area is 114 Å². The summed E-state index contributed by atoms with van der Waals surface area (Å²) in [5.74, 6) is 0. The highest BCUT2D eigenvalue weighted by molar-refractivity contribution is 7.98. The van der Waals surface area contributed by atoms with Crippen molar-refractivity contribution in [2.45, 2.75) is 25.7 Å². The largest absolute Gasteiger partial charge is 0.355 e. The number of nitrogens with one attached hydrogen (secondary N) is 1. The lowest BCUT2D eigenvalue weighted by Gasteiger charge is -2.14. The van der Waals surface area contributed by atoms with Crippen LogP contribution in [-0.2, 0) is 0 Å². The smallest absolute Gasteiger partial charge is 0.0443 e. The molecule has 0 aliphatic carbocycles. The molecule has 18 heavy (non-hydrogen) atoms. The third kappa shape index (κ3) is 2.88. The Morgan fingerprint density at radius 1 is 0.889 bits per heavy atom. The minimum Gasteiger partial charge on any atom is -0.355 e. The average molecular weight is 257 g/mol. The van der Waals surface area contributed by atoms with E-state index in [1.165, 1.54) is 27.3 Å². The fourth-order valence-electron chi connectivity index (χ4n) is 2.20. The average Bonchev–Trinajstić information content (AvgIpc) is 2.34. The van der Waals surface area contributed by atoms with Crippen LogP contribution in [0.2, 0.25) is 0 Å². The third-order valence-corrected chi connectivity index (χ3v) is 3.78. The number of aryl methyl sites for hydroxylation is 3. The van der Waals surface area contributed by atoms with Crippen LogP contribution >= 0.6 is 11.8 Å². The Morgan fingerprint density at radius 2 is 1.44 bits per heavy atom. The number of anilines is 2. The van der Waals surface area contributed by atoms with Crippen molar-refractivity contribution in [1.82, 2.24) is 0 Å². The molecule has 0 unspecified atom stereocenters. The summed E-state index contributed by atoms with van der Waals surface area (Å²) in [6.45, 7) is 6.44. The first-order chi connectivity index (χ1) is 8.60. The molecule has 0 amide bonds. The minimum absolute atomic E-state index is 1.14. The molecule has 0 heterocycles. The molecule has 2 rings (SSSR count). The highest BCUT2D eigenvalue weighted by Gasteiger charge is 2.04. The van der Waals surface area contributed by atoms with Crippen LogP contribution in [-0.4, -0.2) is 6.26 Å². The standard InChI is InChI=1S/C16H19NS/c1-11-9-12(2)16(13(3)10-11)17-14-5-7-15(18-4)8-6-14/h5-10,17H,1-4H3. The molecule has 0 fully saturated rings. The van der Waals surface area contributed by atoms with Crippen LogP contribution in [0.15, 0.2) is 41.3 Å². The number of benzene rings is 2. The number of rotatable bonds is 3. The molecule has 0 atom stereocenters. The van der Waals surface area contributed by atoms with Gasteiger partial charge in [-0.2, -0.15) is 0 Å². The molecule has 2 heteroatoms. The first-order valence-corrected chi connectivity index (χ1v) is 7.31. The van der Waals surface area contributed by atoms with Gasteiger partial charge in [-0.15, -0.1) is 11.8 Å². The van der Waals surface area contributed by atoms with Crippen molar-refractivity contribution in [3.8, 4) is 0 Å². The van der Waals surface area contributed by atoms with E-state index in [0.29, 0.717) is 0 Å². The van der Waals surface area contributed by atoms with Crippen molar-refractivity contribution in [3.63, 3.8) is 0 Å². The predicted molar refractivity (Wildman–Crippen MR) is 82.2 cm³/mol. The fourth-order valence-corrected chi connectivity index (χ4v) is 2.60. The lowest BCUT2D eigenvalue weighted by atomic mass is 10.0. The van der Waals surface area contributed by atoms with E-state index in [1.54, 1.807) is 11.8 Å². The van der Waals surface area contributed by atoms with Crippen LogP contribution in [0.3, 0.4) is 0 Å². The first-order valence-electron chi connectivity index (χ1n) is 6.09. The van der Waals surface area contributed by atoms with Crippen LogP contribution in [0.5, 0.6) is 0 Å². The summed E-state index contributed by atoms with van der Waals surface area (Å²) >= 11 is 1.76. The summed E-state index contributed by atoms with van der Waals surface area (Å²) < 4.78 is 0. The molecule has 0 spiro atoms. The normalized spacial score (nSPS) is 10.4. The van der Waals surface area contributed by atoms with Gasteiger partial charge in [0.15, 0.2) is 0 Å². The zero-order valence-electron chi connectivity index (χ0n) is 11.4. The Hall–Kier alpha value is -1.41. The summed E-state index contributed by atoms with van der Waals surface area (Å²) in [5, 5.41) is 3.51. The van der Waals surface area contributed by atoms with Crippen molar-refractivity contribution >= 4 is 23.1 Å². The highest BCUT2D eigenvalue weighted by Crippen LogP contribution is 2.26. The van der Waals surface area contributed by atoms with E-state index >= 15 is 0 Å². The number of thioether (sulfide) groups is 1. The molecule has 0 bridgehead atoms. The monoisotopic (exact) mass is 257 g/mol. The van der Waals surface area contributed by atoms with Gasteiger partial charge in [-0.05, 0) is 62.4 Å². The van der Waals surface area contributed by atoms with Crippen LogP contribution in [0.1, 0.15) is 16.7 Å². The maximum Gasteiger partial charge on any atom is 0.0443 e. The molecular weight excluding hydrogens is 238 g/mol. The highest BCUT2D eigenvalue weighted by atomic mass is 32.2. The second-order valence-corrected chi connectivity index (χ2v) is 5.51. The van der Waals surface area contributed by atoms with Crippen molar-refractivity contribution in [3.05, 3.63) is 53.1 Å². The zero-order valence-corrected chi connectivity index (χ0v) is 12.2. The summed E-state index contributed by atoms with van der Waals surface area (Å²) in [4.78, 5) is 1.29. The number of hydrogen-bond donors (Lipinski definition) is 1. The van der Waals surface area contributed by atoms with E-state index in [1.807, 2.05) is 0 Å². The molecule has 0 aliphatic heterocycles. The summed E-state index contributed by atoms with van der Waals surface area (Å²) in [6, 6.07) is 13.0. The van der Waals surface area contributed by atoms with Gasteiger partial charge in [-0.1, -0.05) is 17.7 Å². The fraction of sp³-hybridized carbons (Fsp3) is 0.250. The molecule has 94 valence electrons. The van der Waals surface area contributed by atoms with E-state index in [-0.39, 0.29) is 0 Å². The molecule has 1 nitrogen and oxygen atoms in total. The van der Waals surface area contributed by atoms with Crippen molar-refractivity contribution in [2.75, 3.05) is 11.6 Å². The summed E-state index contributed by atoms with van der Waals surface area (Å²) in [5.41, 5.74) is 6.26. The molecular formula is C16H19NS. The Kier molecular flexibility index (Phi) is 3.97. The molecule has 0 radical (unpaired) electrons. The molecule has 0 saturated carbocycles. The lowest BCUT2D eigenvalue weighted by Crippen LogP contribution is -1.96. The maximum atomic E-state index is 3.51. The van der Waals surface area contributed by atoms with E-state index in [0.717, 1.165) is 5.69 Å². The van der Waals surface area contributed by atoms with Crippen LogP contribution in [0.25, 0.3) is 0 Å². The predicted octanol–water partition coefficient (Wildman–Crippen LogP) is 5.08. The topological polar surface area (TPSA) is 12.0 Å². The lowest BCUT2D eigenvalue weighted by molar-refractivity contribution is 1.31. The van der Waals surface area contributed by atoms with Gasteiger partial charge >= 0.3 is 0 Å². The minimum atomic E-state index is 1.14. The van der Waals surface area contributed by atoms with E-state index in [2.05, 4.69) is 68.7 Å². The van der Waals surface area contributed by atoms with Crippen molar-refractivity contribution in [1.29, 1.82) is 0 Å². The SMILES string of the molecule is CSc1ccc(Nc2c(C)cc(C)cc2C)cc1. The first kappa shape index (κ1) is 13.0. The van der Waals surface area contributed by atoms with Gasteiger partial charge in [0.1, 0.15) is 0 Å². The van der Waals surface area contributed by atoms with Gasteiger partial charge in [-0.3, -0.25) is 0 Å². The van der Waals surface area contributed by atoms with Gasteiger partial charge in [0, 0.05) is 16.3 Å². The quantitative estimate of drug-likeness (QED) is 0.770. The van der Waals surface area contributed by atoms with Crippen LogP contribution in [0, 0.1) is 20.8 Å². The molecule has 2 aromatic rings. The Bertz CT molecular complexity index is 521. The second kappa shape index (κ2) is 5.49. The van der Waals surface area contributed by atoms with E-state index in [9.17, 15) is 0 Å². The molecule has 0 saturated heterocycles. The summed E-state index contributed by atoms with van der Waals surface area (Å²) in [6.07, 6.45) is 2.09. The third-order valence-electron chi connectivity index (χ3n) is 3.04. The van der Waals surface area contributed by atoms with Gasteiger partial charge < -0.3 is 5.32 Å². The zero-order chi connectivity index (χ0) is 13.1. The van der Waals surface area contributed by atoms with E-state index in [4.69, 9.17) is 0 Å². The Balaban J connectivity index is 2.28. The van der Waals surface area contributed by atoms with E-state index < -0.39 is 0 Å². The van der Waals surface area contributed by atoms with Crippen molar-refractivity contribution in [2.24, 2.45) is 0 Å². The molecule has 1 N–H and O–H groups in total. The van der Waals surface area contributed by atoms with Gasteiger partial charge in [0.05, 0.1) is 0 Å². The Morgan fingerprint density at radius 3 is 1.94 bits per heavy atom. The second-order valence-electron chi connectivity index (χ2n) is 4.63. The van der Waals surface area contributed by atoms with Crippen molar-refractivity contribution < 1.29 is 0 Å². The van der Waals surface area contributed by atoms with Gasteiger partial charge in [-0.25, -0.2) is 0 Å².